The number of piperidine rings is 1. The van der Waals surface area contributed by atoms with E-state index in [4.69, 9.17) is 0 Å². The zero-order chi connectivity index (χ0) is 20.1. The minimum absolute atomic E-state index is 0.0533. The number of amides is 2. The largest absolute Gasteiger partial charge is 0.355 e. The van der Waals surface area contributed by atoms with Gasteiger partial charge in [0.1, 0.15) is 0 Å². The van der Waals surface area contributed by atoms with Crippen LogP contribution in [0.1, 0.15) is 19.8 Å². The number of sulfonamides is 1. The molecule has 1 saturated heterocycles. The number of fused-ring (bicyclic) bond motifs is 1. The minimum Gasteiger partial charge on any atom is -0.355 e. The van der Waals surface area contributed by atoms with Crippen molar-refractivity contribution in [1.29, 1.82) is 0 Å². The highest BCUT2D eigenvalue weighted by atomic mass is 32.2. The van der Waals surface area contributed by atoms with Crippen LogP contribution in [0.15, 0.2) is 47.4 Å². The summed E-state index contributed by atoms with van der Waals surface area (Å²) in [5, 5.41) is 7.11. The summed E-state index contributed by atoms with van der Waals surface area (Å²) in [5.41, 5.74) is 0. The van der Waals surface area contributed by atoms with E-state index in [-0.39, 0.29) is 42.3 Å². The van der Waals surface area contributed by atoms with Crippen LogP contribution < -0.4 is 10.6 Å². The molecule has 2 aromatic carbocycles. The van der Waals surface area contributed by atoms with E-state index in [1.165, 1.54) is 4.31 Å². The lowest BCUT2D eigenvalue weighted by Gasteiger charge is -2.30. The average molecular weight is 404 g/mol. The van der Waals surface area contributed by atoms with E-state index < -0.39 is 10.0 Å². The number of benzene rings is 2. The molecule has 3 rings (SSSR count). The summed E-state index contributed by atoms with van der Waals surface area (Å²) in [6.45, 7) is 2.84. The summed E-state index contributed by atoms with van der Waals surface area (Å²) in [5.74, 6) is -0.710. The van der Waals surface area contributed by atoms with E-state index in [0.29, 0.717) is 19.4 Å². The second-order valence-corrected chi connectivity index (χ2v) is 8.80. The molecule has 2 aromatic rings. The number of hydrogen-bond acceptors (Lipinski definition) is 4. The van der Waals surface area contributed by atoms with Crippen LogP contribution in [0, 0.1) is 5.92 Å². The topological polar surface area (TPSA) is 95.6 Å². The molecule has 0 bridgehead atoms. The molecule has 8 heteroatoms. The van der Waals surface area contributed by atoms with Gasteiger partial charge < -0.3 is 10.6 Å². The number of nitrogens with one attached hydrogen (secondary N) is 2. The Bertz CT molecular complexity index is 966. The van der Waals surface area contributed by atoms with Crippen LogP contribution >= 0.6 is 0 Å². The fourth-order valence-corrected chi connectivity index (χ4v) is 4.91. The SMILES string of the molecule is CCNC(=O)CNC(=O)C1CCN(S(=O)(=O)c2ccc3ccccc3c2)CC1. The van der Waals surface area contributed by atoms with Crippen molar-refractivity contribution in [2.75, 3.05) is 26.2 Å². The summed E-state index contributed by atoms with van der Waals surface area (Å²) in [6.07, 6.45) is 0.877. The van der Waals surface area contributed by atoms with Crippen molar-refractivity contribution in [3.63, 3.8) is 0 Å². The first-order chi connectivity index (χ1) is 13.4. The van der Waals surface area contributed by atoms with Gasteiger partial charge in [-0.05, 0) is 42.7 Å². The molecule has 0 radical (unpaired) electrons. The van der Waals surface area contributed by atoms with Crippen molar-refractivity contribution < 1.29 is 18.0 Å². The van der Waals surface area contributed by atoms with Crippen LogP contribution in [0.4, 0.5) is 0 Å². The quantitative estimate of drug-likeness (QED) is 0.764. The lowest BCUT2D eigenvalue weighted by Crippen LogP contribution is -2.45. The van der Waals surface area contributed by atoms with E-state index in [1.807, 2.05) is 37.3 Å². The van der Waals surface area contributed by atoms with Gasteiger partial charge in [0.2, 0.25) is 21.8 Å². The fraction of sp³-hybridized carbons (Fsp3) is 0.400. The Balaban J connectivity index is 1.61. The minimum atomic E-state index is -3.60. The summed E-state index contributed by atoms with van der Waals surface area (Å²) in [6, 6.07) is 12.8. The van der Waals surface area contributed by atoms with Gasteiger partial charge in [-0.25, -0.2) is 8.42 Å². The van der Waals surface area contributed by atoms with Gasteiger partial charge in [-0.3, -0.25) is 9.59 Å². The highest BCUT2D eigenvalue weighted by Gasteiger charge is 2.32. The fourth-order valence-electron chi connectivity index (χ4n) is 3.41. The predicted molar refractivity (Wildman–Crippen MR) is 107 cm³/mol. The molecule has 0 spiro atoms. The molecule has 2 amide bonds. The van der Waals surface area contributed by atoms with Crippen molar-refractivity contribution >= 4 is 32.6 Å². The number of hydrogen-bond donors (Lipinski definition) is 2. The molecule has 2 N–H and O–H groups in total. The average Bonchev–Trinajstić information content (AvgIpc) is 2.72. The highest BCUT2D eigenvalue weighted by molar-refractivity contribution is 7.89. The number of likely N-dealkylation sites (N-methyl/N-ethyl adjacent to an activating group) is 1. The maximum atomic E-state index is 13.0. The Kier molecular flexibility index (Phi) is 6.31. The monoisotopic (exact) mass is 403 g/mol. The number of carbonyl (C=O) groups excluding carboxylic acids is 2. The van der Waals surface area contributed by atoms with Crippen LogP contribution in [0.25, 0.3) is 10.8 Å². The Morgan fingerprint density at radius 2 is 1.71 bits per heavy atom. The maximum absolute atomic E-state index is 13.0. The van der Waals surface area contributed by atoms with E-state index in [1.54, 1.807) is 12.1 Å². The molecule has 7 nitrogen and oxygen atoms in total. The zero-order valence-electron chi connectivity index (χ0n) is 15.8. The van der Waals surface area contributed by atoms with Crippen molar-refractivity contribution in [3.05, 3.63) is 42.5 Å². The molecule has 0 atom stereocenters. The van der Waals surface area contributed by atoms with Crippen LogP contribution in [-0.4, -0.2) is 50.7 Å². The normalized spacial score (nSPS) is 16.0. The van der Waals surface area contributed by atoms with Gasteiger partial charge in [-0.1, -0.05) is 30.3 Å². The van der Waals surface area contributed by atoms with E-state index in [2.05, 4.69) is 10.6 Å². The molecule has 150 valence electrons. The Morgan fingerprint density at radius 3 is 2.39 bits per heavy atom. The second-order valence-electron chi connectivity index (χ2n) is 6.86. The van der Waals surface area contributed by atoms with Crippen LogP contribution in [0.3, 0.4) is 0 Å². The smallest absolute Gasteiger partial charge is 0.243 e. The molecular formula is C20H25N3O4S. The predicted octanol–water partition coefficient (Wildman–Crippen LogP) is 1.49. The van der Waals surface area contributed by atoms with E-state index in [9.17, 15) is 18.0 Å². The molecule has 0 unspecified atom stereocenters. The van der Waals surface area contributed by atoms with Gasteiger partial charge in [-0.2, -0.15) is 4.31 Å². The summed E-state index contributed by atoms with van der Waals surface area (Å²) >= 11 is 0. The van der Waals surface area contributed by atoms with Crippen molar-refractivity contribution in [3.8, 4) is 0 Å². The highest BCUT2D eigenvalue weighted by Crippen LogP contribution is 2.26. The second kappa shape index (κ2) is 8.70. The van der Waals surface area contributed by atoms with Gasteiger partial charge in [-0.15, -0.1) is 0 Å². The van der Waals surface area contributed by atoms with Gasteiger partial charge in [0.15, 0.2) is 0 Å². The van der Waals surface area contributed by atoms with E-state index >= 15 is 0 Å². The van der Waals surface area contributed by atoms with Gasteiger partial charge in [0.25, 0.3) is 0 Å². The molecule has 0 saturated carbocycles. The molecular weight excluding hydrogens is 378 g/mol. The van der Waals surface area contributed by atoms with Crippen molar-refractivity contribution in [2.24, 2.45) is 5.92 Å². The van der Waals surface area contributed by atoms with Crippen molar-refractivity contribution in [1.82, 2.24) is 14.9 Å². The zero-order valence-corrected chi connectivity index (χ0v) is 16.7. The molecule has 1 fully saturated rings. The maximum Gasteiger partial charge on any atom is 0.243 e. The van der Waals surface area contributed by atoms with E-state index in [0.717, 1.165) is 10.8 Å². The lowest BCUT2D eigenvalue weighted by molar-refractivity contribution is -0.129. The third-order valence-electron chi connectivity index (χ3n) is 4.98. The summed E-state index contributed by atoms with van der Waals surface area (Å²) < 4.78 is 27.4. The lowest BCUT2D eigenvalue weighted by atomic mass is 9.97. The summed E-state index contributed by atoms with van der Waals surface area (Å²) in [7, 11) is -3.60. The number of carbonyl (C=O) groups is 2. The number of rotatable bonds is 6. The summed E-state index contributed by atoms with van der Waals surface area (Å²) in [4.78, 5) is 23.9. The Labute approximate surface area is 165 Å². The van der Waals surface area contributed by atoms with Gasteiger partial charge >= 0.3 is 0 Å². The molecule has 1 heterocycles. The first kappa shape index (κ1) is 20.3. The first-order valence-corrected chi connectivity index (χ1v) is 10.9. The molecule has 28 heavy (non-hydrogen) atoms. The molecule has 0 aliphatic carbocycles. The molecule has 0 aromatic heterocycles. The molecule has 1 aliphatic rings. The third-order valence-corrected chi connectivity index (χ3v) is 6.88. The third kappa shape index (κ3) is 4.51. The van der Waals surface area contributed by atoms with Crippen LogP contribution in [0.5, 0.6) is 0 Å². The van der Waals surface area contributed by atoms with Crippen LogP contribution in [0.2, 0.25) is 0 Å². The Morgan fingerprint density at radius 1 is 1.04 bits per heavy atom. The van der Waals surface area contributed by atoms with Crippen molar-refractivity contribution in [2.45, 2.75) is 24.7 Å². The van der Waals surface area contributed by atoms with Crippen LogP contribution in [-0.2, 0) is 19.6 Å². The van der Waals surface area contributed by atoms with Gasteiger partial charge in [0.05, 0.1) is 11.4 Å². The standard InChI is InChI=1S/C20H25N3O4S/c1-2-21-19(24)14-22-20(25)16-9-11-23(12-10-16)28(26,27)18-8-7-15-5-3-4-6-17(15)13-18/h3-8,13,16H,2,9-12,14H2,1H3,(H,21,24)(H,22,25). The Hall–Kier alpha value is -2.45. The molecule has 1 aliphatic heterocycles. The first-order valence-electron chi connectivity index (χ1n) is 9.45. The van der Waals surface area contributed by atoms with Gasteiger partial charge in [0, 0.05) is 25.6 Å². The number of nitrogens with zero attached hydrogens (tertiary/aromatic N) is 1.